The predicted octanol–water partition coefficient (Wildman–Crippen LogP) is 3.87. The van der Waals surface area contributed by atoms with Crippen molar-refractivity contribution in [2.24, 2.45) is 0 Å². The molecule has 0 N–H and O–H groups in total. The van der Waals surface area contributed by atoms with Crippen molar-refractivity contribution in [3.63, 3.8) is 0 Å². The molecule has 0 atom stereocenters. The first-order valence-corrected chi connectivity index (χ1v) is 14.2. The molecule has 5 aromatic carbocycles. The summed E-state index contributed by atoms with van der Waals surface area (Å²) < 4.78 is 1.26. The van der Waals surface area contributed by atoms with E-state index in [4.69, 9.17) is 23.2 Å². The van der Waals surface area contributed by atoms with E-state index in [1.54, 1.807) is 0 Å². The number of hydrogen-bond donors (Lipinski definition) is 0. The first-order valence-electron chi connectivity index (χ1n) is 12.2. The van der Waals surface area contributed by atoms with Crippen molar-refractivity contribution in [2.75, 3.05) is 0 Å². The SMILES string of the molecule is C=Cc1c[c-]c2c(c1)-c1cc(C=C)ccc1C2.Clc1cccc([C](=[Zr+2])c2cccc(Cl)c2)c1.[Cl-].[Cl-].c1cc[cH-]c1. The summed E-state index contributed by atoms with van der Waals surface area (Å²) in [6, 6.07) is 39.8. The number of benzene rings is 4. The first kappa shape index (κ1) is 33.8. The Morgan fingerprint density at radius 2 is 1.32 bits per heavy atom. The van der Waals surface area contributed by atoms with Gasteiger partial charge in [0.2, 0.25) is 0 Å². The minimum Gasteiger partial charge on any atom is -1.00 e. The molecule has 0 unspecified atom stereocenters. The molecule has 40 heavy (non-hydrogen) atoms. The van der Waals surface area contributed by atoms with Crippen LogP contribution in [0.3, 0.4) is 0 Å². The van der Waals surface area contributed by atoms with Gasteiger partial charge < -0.3 is 24.8 Å². The van der Waals surface area contributed by atoms with Gasteiger partial charge in [-0.3, -0.25) is 0 Å². The van der Waals surface area contributed by atoms with Gasteiger partial charge in [0.15, 0.2) is 0 Å². The molecule has 6 rings (SSSR count). The third-order valence-electron chi connectivity index (χ3n) is 6.09. The van der Waals surface area contributed by atoms with E-state index in [0.717, 1.165) is 33.2 Å². The van der Waals surface area contributed by atoms with E-state index < -0.39 is 0 Å². The molecule has 0 heterocycles. The van der Waals surface area contributed by atoms with Gasteiger partial charge in [0.25, 0.3) is 0 Å². The van der Waals surface area contributed by atoms with Gasteiger partial charge in [-0.2, -0.15) is 42.0 Å². The summed E-state index contributed by atoms with van der Waals surface area (Å²) in [5.74, 6) is 0. The largest absolute Gasteiger partial charge is 1.00 e. The zero-order valence-electron chi connectivity index (χ0n) is 21.7. The third kappa shape index (κ3) is 9.07. The van der Waals surface area contributed by atoms with Crippen molar-refractivity contribution in [1.82, 2.24) is 0 Å². The van der Waals surface area contributed by atoms with E-state index in [0.29, 0.717) is 0 Å². The van der Waals surface area contributed by atoms with Crippen molar-refractivity contribution in [3.05, 3.63) is 172 Å². The van der Waals surface area contributed by atoms with Gasteiger partial charge in [0, 0.05) is 0 Å². The summed E-state index contributed by atoms with van der Waals surface area (Å²) in [6.07, 6.45) is 4.74. The summed E-state index contributed by atoms with van der Waals surface area (Å²) in [4.78, 5) is 0. The van der Waals surface area contributed by atoms with Crippen molar-refractivity contribution < 1.29 is 49.0 Å². The Bertz CT molecular complexity index is 1450. The second kappa shape index (κ2) is 16.8. The molecule has 0 saturated heterocycles. The van der Waals surface area contributed by atoms with Crippen LogP contribution in [0.5, 0.6) is 0 Å². The minimum atomic E-state index is 0. The summed E-state index contributed by atoms with van der Waals surface area (Å²) in [7, 11) is 0. The van der Waals surface area contributed by atoms with Crippen molar-refractivity contribution in [3.8, 4) is 11.1 Å². The summed E-state index contributed by atoms with van der Waals surface area (Å²) in [5.41, 5.74) is 9.88. The fourth-order valence-corrected chi connectivity index (χ4v) is 5.28. The van der Waals surface area contributed by atoms with Gasteiger partial charge in [0.1, 0.15) is 0 Å². The Morgan fingerprint density at radius 1 is 0.750 bits per heavy atom. The molecule has 1 aliphatic rings. The van der Waals surface area contributed by atoms with Gasteiger partial charge in [-0.05, 0) is 12.0 Å². The van der Waals surface area contributed by atoms with E-state index in [9.17, 15) is 0 Å². The molecular formula is C35H26Cl4Zr-2. The van der Waals surface area contributed by atoms with Crippen molar-refractivity contribution in [1.29, 1.82) is 0 Å². The first-order chi connectivity index (χ1) is 18.5. The molecular weight excluding hydrogens is 653 g/mol. The van der Waals surface area contributed by atoms with E-state index >= 15 is 0 Å². The molecule has 5 heteroatoms. The number of halogens is 4. The fourth-order valence-electron chi connectivity index (χ4n) is 4.14. The van der Waals surface area contributed by atoms with Crippen LogP contribution in [0.25, 0.3) is 23.3 Å². The van der Waals surface area contributed by atoms with Gasteiger partial charge >= 0.3 is 120 Å². The monoisotopic (exact) mass is 676 g/mol. The van der Waals surface area contributed by atoms with Gasteiger partial charge in [-0.1, -0.05) is 42.0 Å². The summed E-state index contributed by atoms with van der Waals surface area (Å²) in [6.45, 7) is 7.63. The Balaban J connectivity index is 0.000000229. The topological polar surface area (TPSA) is 0 Å². The second-order valence-corrected chi connectivity index (χ2v) is 10.8. The second-order valence-electron chi connectivity index (χ2n) is 8.68. The van der Waals surface area contributed by atoms with Crippen molar-refractivity contribution >= 4 is 38.6 Å². The van der Waals surface area contributed by atoms with Gasteiger partial charge in [-0.15, -0.1) is 23.8 Å². The molecule has 0 spiro atoms. The number of hydrogen-bond acceptors (Lipinski definition) is 0. The zero-order valence-corrected chi connectivity index (χ0v) is 27.2. The van der Waals surface area contributed by atoms with Crippen LogP contribution in [-0.4, -0.2) is 3.21 Å². The quantitative estimate of drug-likeness (QED) is 0.249. The van der Waals surface area contributed by atoms with E-state index in [1.165, 1.54) is 55.3 Å². The normalized spacial score (nSPS) is 10.1. The molecule has 0 nitrogen and oxygen atoms in total. The molecule has 0 fully saturated rings. The Kier molecular flexibility index (Phi) is 14.2. The van der Waals surface area contributed by atoms with Crippen LogP contribution in [0.15, 0.2) is 122 Å². The van der Waals surface area contributed by atoms with Crippen LogP contribution in [0.1, 0.15) is 33.4 Å². The maximum absolute atomic E-state index is 5.98. The third-order valence-corrected chi connectivity index (χ3v) is 7.98. The van der Waals surface area contributed by atoms with Crippen LogP contribution in [-0.2, 0) is 30.7 Å². The molecule has 5 aromatic rings. The Hall–Kier alpha value is -2.38. The predicted molar refractivity (Wildman–Crippen MR) is 162 cm³/mol. The maximum atomic E-state index is 5.98. The molecule has 200 valence electrons. The standard InChI is InChI=1S/C17H13.C13H8Cl2.C5H5.2ClH.Zr/c1-3-12-5-7-14-11-15-8-6-13(4-2)10-17(15)16(14)9-12;14-12-5-1-3-10(8-12)7-11-4-2-6-13(15)9-11;1-2-4-5-3-1;;;/h3-7,9-10H,1-2,11H2;1-6,8-9H;1-5H;2*1H;/q-1;;-1;;;+2/p-2. The van der Waals surface area contributed by atoms with Crippen LogP contribution in [0.4, 0.5) is 0 Å². The molecule has 0 aliphatic heterocycles. The van der Waals surface area contributed by atoms with E-state index in [1.807, 2.05) is 84.9 Å². The van der Waals surface area contributed by atoms with Crippen LogP contribution >= 0.6 is 23.2 Å². The fraction of sp³-hybridized carbons (Fsp3) is 0.0286. The number of fused-ring (bicyclic) bond motifs is 3. The molecule has 0 aromatic heterocycles. The molecule has 0 saturated carbocycles. The number of rotatable bonds is 4. The summed E-state index contributed by atoms with van der Waals surface area (Å²) in [5, 5.41) is 1.53. The Labute approximate surface area is 274 Å². The zero-order chi connectivity index (χ0) is 26.9. The minimum absolute atomic E-state index is 0. The molecule has 0 radical (unpaired) electrons. The van der Waals surface area contributed by atoms with E-state index in [2.05, 4.69) is 55.6 Å². The molecule has 0 bridgehead atoms. The Morgan fingerprint density at radius 3 is 1.82 bits per heavy atom. The van der Waals surface area contributed by atoms with Crippen LogP contribution < -0.4 is 24.8 Å². The smallest absolute Gasteiger partial charge is 0.172 e. The maximum Gasteiger partial charge on any atom is -0.172 e. The van der Waals surface area contributed by atoms with Gasteiger partial charge in [0.05, 0.1) is 0 Å². The molecule has 0 amide bonds. The van der Waals surface area contributed by atoms with Crippen molar-refractivity contribution in [2.45, 2.75) is 6.42 Å². The average molecular weight is 680 g/mol. The van der Waals surface area contributed by atoms with Gasteiger partial charge in [-0.25, -0.2) is 12.1 Å². The summed E-state index contributed by atoms with van der Waals surface area (Å²) >= 11 is 13.3. The van der Waals surface area contributed by atoms with E-state index in [-0.39, 0.29) is 24.8 Å². The van der Waals surface area contributed by atoms with Crippen LogP contribution in [0, 0.1) is 6.07 Å². The van der Waals surface area contributed by atoms with Crippen LogP contribution in [0.2, 0.25) is 10.0 Å². The molecule has 1 aliphatic carbocycles. The average Bonchev–Trinajstić information content (AvgIpc) is 3.64.